The molecule has 1 saturated heterocycles. The van der Waals surface area contributed by atoms with Crippen LogP contribution in [0.4, 0.5) is 4.39 Å². The van der Waals surface area contributed by atoms with Gasteiger partial charge in [-0.3, -0.25) is 14.4 Å². The third-order valence-corrected chi connectivity index (χ3v) is 5.72. The fourth-order valence-corrected chi connectivity index (χ4v) is 3.91. The molecule has 1 aromatic heterocycles. The number of nitrogens with zero attached hydrogens (tertiary/aromatic N) is 3. The molecule has 7 nitrogen and oxygen atoms in total. The third kappa shape index (κ3) is 4.39. The number of hydrogen-bond donors (Lipinski definition) is 1. The standard InChI is InChI=1S/C25H21FN4O3/c1-3-16-5-7-18-19(13-16)22(27-28-24(18)32)15-17-6-8-21(26)20(14-17)25(33)30-11-9-29(10-12-30)23(31)4-2/h1,4-8,13-14H,2,9-12,15H2,(H,28,32). The molecule has 0 unspecified atom stereocenters. The van der Waals surface area contributed by atoms with Gasteiger partial charge in [-0.2, -0.15) is 5.10 Å². The minimum absolute atomic E-state index is 0.0472. The van der Waals surface area contributed by atoms with Gasteiger partial charge in [0.25, 0.3) is 11.5 Å². The lowest BCUT2D eigenvalue weighted by atomic mass is 10.0. The number of amides is 2. The van der Waals surface area contributed by atoms with Gasteiger partial charge in [-0.25, -0.2) is 9.49 Å². The van der Waals surface area contributed by atoms with Crippen LogP contribution in [0, 0.1) is 18.2 Å². The van der Waals surface area contributed by atoms with E-state index >= 15 is 0 Å². The van der Waals surface area contributed by atoms with Crippen molar-refractivity contribution in [1.29, 1.82) is 0 Å². The zero-order valence-corrected chi connectivity index (χ0v) is 17.8. The summed E-state index contributed by atoms with van der Waals surface area (Å²) in [6.07, 6.45) is 6.99. The zero-order chi connectivity index (χ0) is 23.5. The Morgan fingerprint density at radius 3 is 2.55 bits per heavy atom. The molecule has 1 aliphatic rings. The molecule has 1 fully saturated rings. The first kappa shape index (κ1) is 22.0. The first-order valence-corrected chi connectivity index (χ1v) is 10.4. The van der Waals surface area contributed by atoms with Gasteiger partial charge in [-0.1, -0.05) is 18.6 Å². The van der Waals surface area contributed by atoms with Crippen molar-refractivity contribution in [2.24, 2.45) is 0 Å². The average molecular weight is 444 g/mol. The predicted octanol–water partition coefficient (Wildman–Crippen LogP) is 2.10. The molecule has 1 aliphatic heterocycles. The van der Waals surface area contributed by atoms with Gasteiger partial charge in [0.15, 0.2) is 0 Å². The number of nitrogens with one attached hydrogen (secondary N) is 1. The summed E-state index contributed by atoms with van der Waals surface area (Å²) in [5, 5.41) is 7.68. The molecule has 8 heteroatoms. The molecule has 0 atom stereocenters. The van der Waals surface area contributed by atoms with Crippen molar-refractivity contribution < 1.29 is 14.0 Å². The summed E-state index contributed by atoms with van der Waals surface area (Å²) < 4.78 is 14.6. The molecule has 0 saturated carbocycles. The molecule has 2 aromatic carbocycles. The summed E-state index contributed by atoms with van der Waals surface area (Å²) in [5.41, 5.74) is 1.45. The number of carbonyl (C=O) groups is 2. The fraction of sp³-hybridized carbons (Fsp3) is 0.200. The van der Waals surface area contributed by atoms with Crippen LogP contribution in [0.3, 0.4) is 0 Å². The van der Waals surface area contributed by atoms with Crippen LogP contribution in [-0.4, -0.2) is 58.0 Å². The van der Waals surface area contributed by atoms with E-state index in [1.807, 2.05) is 0 Å². The second-order valence-corrected chi connectivity index (χ2v) is 7.72. The molecule has 2 amide bonds. The Hall–Kier alpha value is -4.25. The lowest BCUT2D eigenvalue weighted by Gasteiger charge is -2.34. The number of piperazine rings is 1. The number of aromatic amines is 1. The van der Waals surface area contributed by atoms with Gasteiger partial charge in [0.05, 0.1) is 16.6 Å². The van der Waals surface area contributed by atoms with Crippen LogP contribution in [0.1, 0.15) is 27.2 Å². The molecular weight excluding hydrogens is 423 g/mol. The zero-order valence-electron chi connectivity index (χ0n) is 17.8. The SMILES string of the molecule is C#Cc1ccc2c(=O)[nH]nc(Cc3ccc(F)c(C(=O)N4CCN(C(=O)C=C)CC4)c3)c2c1. The van der Waals surface area contributed by atoms with Gasteiger partial charge in [-0.05, 0) is 42.0 Å². The van der Waals surface area contributed by atoms with E-state index in [4.69, 9.17) is 6.42 Å². The Kier molecular flexibility index (Phi) is 6.05. The number of halogens is 1. The highest BCUT2D eigenvalue weighted by molar-refractivity contribution is 5.95. The van der Waals surface area contributed by atoms with Crippen LogP contribution in [0.5, 0.6) is 0 Å². The number of hydrogen-bond acceptors (Lipinski definition) is 4. The normalized spacial score (nSPS) is 13.6. The van der Waals surface area contributed by atoms with Crippen molar-refractivity contribution in [3.8, 4) is 12.3 Å². The highest BCUT2D eigenvalue weighted by atomic mass is 19.1. The minimum Gasteiger partial charge on any atom is -0.336 e. The lowest BCUT2D eigenvalue weighted by molar-refractivity contribution is -0.127. The number of rotatable bonds is 4. The van der Waals surface area contributed by atoms with Crippen LogP contribution >= 0.6 is 0 Å². The van der Waals surface area contributed by atoms with Crippen molar-refractivity contribution >= 4 is 22.6 Å². The van der Waals surface area contributed by atoms with Crippen LogP contribution in [0.15, 0.2) is 53.8 Å². The second kappa shape index (κ2) is 9.09. The van der Waals surface area contributed by atoms with Crippen molar-refractivity contribution in [2.75, 3.05) is 26.2 Å². The Balaban J connectivity index is 1.60. The van der Waals surface area contributed by atoms with E-state index in [0.29, 0.717) is 53.8 Å². The number of fused-ring (bicyclic) bond motifs is 1. The van der Waals surface area contributed by atoms with Gasteiger partial charge in [0.1, 0.15) is 5.82 Å². The molecule has 4 rings (SSSR count). The van der Waals surface area contributed by atoms with Crippen molar-refractivity contribution in [1.82, 2.24) is 20.0 Å². The van der Waals surface area contributed by atoms with E-state index in [1.165, 1.54) is 23.1 Å². The van der Waals surface area contributed by atoms with Crippen molar-refractivity contribution in [2.45, 2.75) is 6.42 Å². The fourth-order valence-electron chi connectivity index (χ4n) is 3.91. The quantitative estimate of drug-likeness (QED) is 0.493. The molecule has 33 heavy (non-hydrogen) atoms. The third-order valence-electron chi connectivity index (χ3n) is 5.72. The molecular formula is C25H21FN4O3. The number of carbonyl (C=O) groups excluding carboxylic acids is 2. The largest absolute Gasteiger partial charge is 0.336 e. The number of terminal acetylenes is 1. The Morgan fingerprint density at radius 2 is 1.85 bits per heavy atom. The van der Waals surface area contributed by atoms with Gasteiger partial charge in [0.2, 0.25) is 5.91 Å². The molecule has 0 bridgehead atoms. The summed E-state index contributed by atoms with van der Waals surface area (Å²) >= 11 is 0. The first-order valence-electron chi connectivity index (χ1n) is 10.4. The molecule has 0 spiro atoms. The summed E-state index contributed by atoms with van der Waals surface area (Å²) in [4.78, 5) is 40.0. The van der Waals surface area contributed by atoms with Gasteiger partial charge < -0.3 is 9.80 Å². The molecule has 1 N–H and O–H groups in total. The Morgan fingerprint density at radius 1 is 1.12 bits per heavy atom. The second-order valence-electron chi connectivity index (χ2n) is 7.72. The van der Waals surface area contributed by atoms with Crippen molar-refractivity contribution in [3.63, 3.8) is 0 Å². The molecule has 2 heterocycles. The summed E-state index contributed by atoms with van der Waals surface area (Å²) in [7, 11) is 0. The van der Waals surface area contributed by atoms with Crippen LogP contribution < -0.4 is 5.56 Å². The monoisotopic (exact) mass is 444 g/mol. The molecule has 166 valence electrons. The number of H-pyrrole nitrogens is 1. The van der Waals surface area contributed by atoms with E-state index in [0.717, 1.165) is 0 Å². The maximum atomic E-state index is 14.6. The van der Waals surface area contributed by atoms with E-state index < -0.39 is 11.7 Å². The minimum atomic E-state index is -0.623. The highest BCUT2D eigenvalue weighted by Gasteiger charge is 2.25. The van der Waals surface area contributed by atoms with Crippen LogP contribution in [-0.2, 0) is 11.2 Å². The maximum Gasteiger partial charge on any atom is 0.272 e. The predicted molar refractivity (Wildman–Crippen MR) is 122 cm³/mol. The smallest absolute Gasteiger partial charge is 0.272 e. The summed E-state index contributed by atoms with van der Waals surface area (Å²) in [6, 6.07) is 9.37. The van der Waals surface area contributed by atoms with E-state index in [2.05, 4.69) is 22.7 Å². The summed E-state index contributed by atoms with van der Waals surface area (Å²) in [5.74, 6) is 1.29. The first-order chi connectivity index (χ1) is 15.9. The van der Waals surface area contributed by atoms with Gasteiger partial charge >= 0.3 is 0 Å². The Labute approximate surface area is 189 Å². The molecule has 3 aromatic rings. The average Bonchev–Trinajstić information content (AvgIpc) is 2.85. The lowest BCUT2D eigenvalue weighted by Crippen LogP contribution is -2.50. The highest BCUT2D eigenvalue weighted by Crippen LogP contribution is 2.21. The van der Waals surface area contributed by atoms with E-state index in [-0.39, 0.29) is 23.5 Å². The maximum absolute atomic E-state index is 14.6. The van der Waals surface area contributed by atoms with E-state index in [1.54, 1.807) is 29.2 Å². The number of aromatic nitrogens is 2. The van der Waals surface area contributed by atoms with Gasteiger partial charge in [-0.15, -0.1) is 6.42 Å². The Bertz CT molecular complexity index is 1360. The van der Waals surface area contributed by atoms with Crippen LogP contribution in [0.2, 0.25) is 0 Å². The van der Waals surface area contributed by atoms with Crippen molar-refractivity contribution in [3.05, 3.63) is 87.6 Å². The van der Waals surface area contributed by atoms with Crippen LogP contribution in [0.25, 0.3) is 10.8 Å². The van der Waals surface area contributed by atoms with E-state index in [9.17, 15) is 18.8 Å². The molecule has 0 radical (unpaired) electrons. The van der Waals surface area contributed by atoms with Gasteiger partial charge in [0, 0.05) is 43.5 Å². The number of benzene rings is 2. The molecule has 0 aliphatic carbocycles. The summed E-state index contributed by atoms with van der Waals surface area (Å²) in [6.45, 7) is 4.82. The topological polar surface area (TPSA) is 86.4 Å².